The summed E-state index contributed by atoms with van der Waals surface area (Å²) in [4.78, 5) is 28.0. The minimum Gasteiger partial charge on any atom is -0.307 e. The molecule has 0 aliphatic rings. The summed E-state index contributed by atoms with van der Waals surface area (Å²) in [5, 5.41) is 1.74. The predicted molar refractivity (Wildman–Crippen MR) is 106 cm³/mol. The molecular weight excluding hydrogens is 420 g/mol. The van der Waals surface area contributed by atoms with Gasteiger partial charge in [-0.3, -0.25) is 9.78 Å². The van der Waals surface area contributed by atoms with Crippen molar-refractivity contribution in [3.05, 3.63) is 76.0 Å². The van der Waals surface area contributed by atoms with Crippen molar-refractivity contribution in [3.8, 4) is 22.3 Å². The van der Waals surface area contributed by atoms with Crippen LogP contribution in [0.15, 0.2) is 59.1 Å². The molecule has 0 N–H and O–H groups in total. The molecule has 0 spiro atoms. The van der Waals surface area contributed by atoms with Gasteiger partial charge in [0.2, 0.25) is 0 Å². The summed E-state index contributed by atoms with van der Waals surface area (Å²) in [6, 6.07) is 6.08. The number of alkyl halides is 3. The van der Waals surface area contributed by atoms with E-state index < -0.39 is 23.1 Å². The molecule has 4 rings (SSSR count). The molecule has 152 valence electrons. The fourth-order valence-corrected chi connectivity index (χ4v) is 4.36. The number of aldehydes is 1. The lowest BCUT2D eigenvalue weighted by Gasteiger charge is -2.11. The van der Waals surface area contributed by atoms with Gasteiger partial charge in [0.15, 0.2) is 0 Å². The van der Waals surface area contributed by atoms with E-state index in [9.17, 15) is 27.2 Å². The number of pyridine rings is 2. The van der Waals surface area contributed by atoms with E-state index in [2.05, 4.69) is 4.98 Å². The number of carbonyl (C=O) groups excluding carboxylic acids is 1. The number of fused-ring (bicyclic) bond motifs is 1. The Labute approximate surface area is 171 Å². The van der Waals surface area contributed by atoms with Crippen molar-refractivity contribution in [2.45, 2.75) is 12.7 Å². The number of nitrogens with zero attached hydrogens (tertiary/aromatic N) is 2. The van der Waals surface area contributed by atoms with Crippen LogP contribution >= 0.6 is 11.3 Å². The predicted octanol–water partition coefficient (Wildman–Crippen LogP) is 5.15. The van der Waals surface area contributed by atoms with Crippen molar-refractivity contribution in [1.29, 1.82) is 0 Å². The van der Waals surface area contributed by atoms with Crippen molar-refractivity contribution in [2.24, 2.45) is 0 Å². The Morgan fingerprint density at radius 2 is 1.80 bits per heavy atom. The van der Waals surface area contributed by atoms with Crippen molar-refractivity contribution >= 4 is 27.7 Å². The second-order valence-corrected chi connectivity index (χ2v) is 7.33. The number of benzene rings is 1. The molecule has 0 unspecified atom stereocenters. The van der Waals surface area contributed by atoms with Gasteiger partial charge in [-0.1, -0.05) is 6.07 Å². The summed E-state index contributed by atoms with van der Waals surface area (Å²) < 4.78 is 55.0. The van der Waals surface area contributed by atoms with Crippen LogP contribution in [0.2, 0.25) is 0 Å². The maximum Gasteiger partial charge on any atom is 0.419 e. The normalized spacial score (nSPS) is 11.7. The Kier molecular flexibility index (Phi) is 4.98. The molecule has 1 aromatic carbocycles. The smallest absolute Gasteiger partial charge is 0.307 e. The third-order valence-corrected chi connectivity index (χ3v) is 5.65. The number of carbonyl (C=O) groups is 1. The zero-order valence-electron chi connectivity index (χ0n) is 15.1. The maximum absolute atomic E-state index is 13.7. The Balaban J connectivity index is 2.03. The molecule has 4 aromatic rings. The van der Waals surface area contributed by atoms with Gasteiger partial charge in [0.05, 0.1) is 17.5 Å². The van der Waals surface area contributed by atoms with Gasteiger partial charge in [0, 0.05) is 39.8 Å². The van der Waals surface area contributed by atoms with Gasteiger partial charge in [-0.2, -0.15) is 13.2 Å². The van der Waals surface area contributed by atoms with E-state index in [0.717, 1.165) is 11.6 Å². The Bertz CT molecular complexity index is 1310. The van der Waals surface area contributed by atoms with Crippen LogP contribution in [0.4, 0.5) is 17.6 Å². The fourth-order valence-electron chi connectivity index (χ4n) is 3.26. The number of halogens is 4. The second kappa shape index (κ2) is 7.49. The van der Waals surface area contributed by atoms with Crippen molar-refractivity contribution < 1.29 is 22.4 Å². The van der Waals surface area contributed by atoms with E-state index in [-0.39, 0.29) is 23.1 Å². The lowest BCUT2D eigenvalue weighted by Crippen LogP contribution is -2.20. The molecule has 0 aliphatic heterocycles. The molecule has 0 amide bonds. The third kappa shape index (κ3) is 3.41. The first-order chi connectivity index (χ1) is 14.3. The molecule has 4 nitrogen and oxygen atoms in total. The Morgan fingerprint density at radius 3 is 2.47 bits per heavy atom. The monoisotopic (exact) mass is 432 g/mol. The van der Waals surface area contributed by atoms with E-state index in [1.165, 1.54) is 22.0 Å². The van der Waals surface area contributed by atoms with Gasteiger partial charge in [0.1, 0.15) is 12.1 Å². The molecule has 0 bridgehead atoms. The van der Waals surface area contributed by atoms with Crippen LogP contribution in [-0.4, -0.2) is 15.8 Å². The second-order valence-electron chi connectivity index (χ2n) is 6.45. The number of aromatic nitrogens is 2. The van der Waals surface area contributed by atoms with Crippen LogP contribution in [-0.2, 0) is 17.5 Å². The SMILES string of the molecule is O=CCn1cc(-c2ccncc2)c2scc(-c3ccc(F)c(C(F)(F)F)c3)c2c1=O. The van der Waals surface area contributed by atoms with Gasteiger partial charge in [-0.25, -0.2) is 4.39 Å². The summed E-state index contributed by atoms with van der Waals surface area (Å²) >= 11 is 1.19. The summed E-state index contributed by atoms with van der Waals surface area (Å²) in [5.74, 6) is -1.39. The molecule has 0 fully saturated rings. The molecular formula is C21H12F4N2O2S. The van der Waals surface area contributed by atoms with Crippen LogP contribution in [0.1, 0.15) is 5.56 Å². The molecule has 0 atom stereocenters. The van der Waals surface area contributed by atoms with Crippen molar-refractivity contribution in [2.75, 3.05) is 0 Å². The van der Waals surface area contributed by atoms with Crippen molar-refractivity contribution in [1.82, 2.24) is 9.55 Å². The first-order valence-corrected chi connectivity index (χ1v) is 9.55. The van der Waals surface area contributed by atoms with Crippen LogP contribution < -0.4 is 5.56 Å². The van der Waals surface area contributed by atoms with E-state index >= 15 is 0 Å². The third-order valence-electron chi connectivity index (χ3n) is 4.64. The average Bonchev–Trinajstić information content (AvgIpc) is 3.16. The minimum atomic E-state index is -4.87. The largest absolute Gasteiger partial charge is 0.419 e. The van der Waals surface area contributed by atoms with Crippen LogP contribution in [0.5, 0.6) is 0 Å². The highest BCUT2D eigenvalue weighted by Crippen LogP contribution is 2.40. The van der Waals surface area contributed by atoms with Gasteiger partial charge in [-0.15, -0.1) is 11.3 Å². The van der Waals surface area contributed by atoms with Crippen LogP contribution in [0.25, 0.3) is 32.3 Å². The molecule has 0 aliphatic carbocycles. The highest BCUT2D eigenvalue weighted by Gasteiger charge is 2.34. The number of thiophene rings is 1. The van der Waals surface area contributed by atoms with Gasteiger partial charge >= 0.3 is 6.18 Å². The van der Waals surface area contributed by atoms with E-state index in [0.29, 0.717) is 22.6 Å². The van der Waals surface area contributed by atoms with Crippen LogP contribution in [0.3, 0.4) is 0 Å². The average molecular weight is 432 g/mol. The van der Waals surface area contributed by atoms with E-state index in [1.807, 2.05) is 0 Å². The van der Waals surface area contributed by atoms with Gasteiger partial charge in [0.25, 0.3) is 5.56 Å². The Morgan fingerprint density at radius 1 is 1.07 bits per heavy atom. The summed E-state index contributed by atoms with van der Waals surface area (Å²) in [7, 11) is 0. The van der Waals surface area contributed by atoms with Crippen LogP contribution in [0, 0.1) is 5.82 Å². The molecule has 3 heterocycles. The summed E-state index contributed by atoms with van der Waals surface area (Å²) in [5.41, 5.74) is -0.221. The molecule has 3 aromatic heterocycles. The molecule has 0 saturated heterocycles. The molecule has 0 saturated carbocycles. The number of hydrogen-bond acceptors (Lipinski definition) is 4. The quantitative estimate of drug-likeness (QED) is 0.331. The minimum absolute atomic E-state index is 0.0663. The molecule has 0 radical (unpaired) electrons. The fraction of sp³-hybridized carbons (Fsp3) is 0.0952. The number of hydrogen-bond donors (Lipinski definition) is 0. The lowest BCUT2D eigenvalue weighted by molar-refractivity contribution is -0.139. The van der Waals surface area contributed by atoms with E-state index in [4.69, 9.17) is 0 Å². The topological polar surface area (TPSA) is 52.0 Å². The standard InChI is InChI=1S/C21H12F4N2O2S/c22-17-2-1-13(9-16(17)21(23,24)25)15-11-30-19-14(12-3-5-26-6-4-12)10-27(7-8-28)20(29)18(15)19/h1-6,8-11H,7H2. The van der Waals surface area contributed by atoms with Gasteiger partial charge in [-0.05, 0) is 35.4 Å². The highest BCUT2D eigenvalue weighted by molar-refractivity contribution is 7.18. The highest BCUT2D eigenvalue weighted by atomic mass is 32.1. The molecule has 9 heteroatoms. The van der Waals surface area contributed by atoms with Crippen molar-refractivity contribution in [3.63, 3.8) is 0 Å². The Hall–Kier alpha value is -3.33. The van der Waals surface area contributed by atoms with E-state index in [1.54, 1.807) is 36.1 Å². The summed E-state index contributed by atoms with van der Waals surface area (Å²) in [6.07, 6.45) is 0.377. The zero-order valence-corrected chi connectivity index (χ0v) is 15.9. The summed E-state index contributed by atoms with van der Waals surface area (Å²) in [6.45, 7) is -0.209. The maximum atomic E-state index is 13.7. The number of rotatable bonds is 4. The first kappa shape index (κ1) is 20.0. The zero-order chi connectivity index (χ0) is 21.5. The lowest BCUT2D eigenvalue weighted by atomic mass is 10.0. The first-order valence-electron chi connectivity index (χ1n) is 8.67. The van der Waals surface area contributed by atoms with Gasteiger partial charge < -0.3 is 9.36 Å². The molecule has 30 heavy (non-hydrogen) atoms.